The van der Waals surface area contributed by atoms with Gasteiger partial charge < -0.3 is 14.8 Å². The van der Waals surface area contributed by atoms with Crippen molar-refractivity contribution >= 4 is 29.0 Å². The average molecular weight is 361 g/mol. The number of anilines is 1. The van der Waals surface area contributed by atoms with E-state index in [4.69, 9.17) is 21.1 Å². The maximum atomic E-state index is 12.3. The molecule has 1 aliphatic rings. The van der Waals surface area contributed by atoms with E-state index in [1.807, 2.05) is 0 Å². The summed E-state index contributed by atoms with van der Waals surface area (Å²) in [6.45, 7) is 2.66. The van der Waals surface area contributed by atoms with Gasteiger partial charge >= 0.3 is 0 Å². The molecule has 1 aliphatic heterocycles. The van der Waals surface area contributed by atoms with Gasteiger partial charge in [-0.15, -0.1) is 0 Å². The van der Waals surface area contributed by atoms with Crippen LogP contribution in [0.5, 0.6) is 5.88 Å². The SMILES string of the molecule is CC(=O)c1ccc(NC(=O)c2cnc(OC3CCOC3)c(Cl)c2)cc1. The minimum absolute atomic E-state index is 0.0305. The third-order valence-corrected chi connectivity index (χ3v) is 4.06. The second-order valence-corrected chi connectivity index (χ2v) is 6.11. The minimum Gasteiger partial charge on any atom is -0.471 e. The molecule has 0 radical (unpaired) electrons. The molecule has 6 nitrogen and oxygen atoms in total. The third-order valence-electron chi connectivity index (χ3n) is 3.79. The topological polar surface area (TPSA) is 77.5 Å². The summed E-state index contributed by atoms with van der Waals surface area (Å²) in [6.07, 6.45) is 2.14. The van der Waals surface area contributed by atoms with Crippen LogP contribution in [0.1, 0.15) is 34.1 Å². The molecule has 1 aromatic heterocycles. The zero-order valence-corrected chi connectivity index (χ0v) is 14.4. The Balaban J connectivity index is 1.67. The summed E-state index contributed by atoms with van der Waals surface area (Å²) >= 11 is 6.16. The van der Waals surface area contributed by atoms with Gasteiger partial charge in [-0.1, -0.05) is 11.6 Å². The molecule has 130 valence electrons. The number of hydrogen-bond acceptors (Lipinski definition) is 5. The molecular formula is C18H17ClN2O4. The van der Waals surface area contributed by atoms with Gasteiger partial charge in [-0.3, -0.25) is 9.59 Å². The van der Waals surface area contributed by atoms with Crippen LogP contribution < -0.4 is 10.1 Å². The number of carbonyl (C=O) groups excluding carboxylic acids is 2. The predicted molar refractivity (Wildman–Crippen MR) is 93.5 cm³/mol. The van der Waals surface area contributed by atoms with Gasteiger partial charge in [0, 0.05) is 23.9 Å². The molecule has 3 rings (SSSR count). The summed E-state index contributed by atoms with van der Waals surface area (Å²) in [4.78, 5) is 27.7. The highest BCUT2D eigenvalue weighted by atomic mass is 35.5. The van der Waals surface area contributed by atoms with Gasteiger partial charge in [0.1, 0.15) is 11.1 Å². The molecule has 7 heteroatoms. The van der Waals surface area contributed by atoms with Gasteiger partial charge in [-0.25, -0.2) is 4.98 Å². The number of ketones is 1. The predicted octanol–water partition coefficient (Wildman–Crippen LogP) is 3.36. The van der Waals surface area contributed by atoms with Gasteiger partial charge in [-0.2, -0.15) is 0 Å². The van der Waals surface area contributed by atoms with Crippen molar-refractivity contribution in [1.82, 2.24) is 4.98 Å². The highest BCUT2D eigenvalue weighted by Gasteiger charge is 2.20. The number of pyridine rings is 1. The molecule has 1 N–H and O–H groups in total. The van der Waals surface area contributed by atoms with E-state index in [-0.39, 0.29) is 22.8 Å². The first-order valence-corrected chi connectivity index (χ1v) is 8.23. The highest BCUT2D eigenvalue weighted by Crippen LogP contribution is 2.25. The molecule has 0 saturated carbocycles. The highest BCUT2D eigenvalue weighted by molar-refractivity contribution is 6.32. The van der Waals surface area contributed by atoms with Crippen molar-refractivity contribution in [1.29, 1.82) is 0 Å². The standard InChI is InChI=1S/C18H17ClN2O4/c1-11(22)12-2-4-14(5-3-12)21-17(23)13-8-16(19)18(20-9-13)25-15-6-7-24-10-15/h2-5,8-9,15H,6-7,10H2,1H3,(H,21,23). The van der Waals surface area contributed by atoms with Crippen LogP contribution in [0.3, 0.4) is 0 Å². The van der Waals surface area contributed by atoms with Crippen LogP contribution in [-0.2, 0) is 4.74 Å². The van der Waals surface area contributed by atoms with E-state index in [0.29, 0.717) is 35.9 Å². The Kier molecular flexibility index (Phi) is 5.31. The Hall–Kier alpha value is -2.44. The second-order valence-electron chi connectivity index (χ2n) is 5.70. The molecular weight excluding hydrogens is 344 g/mol. The fraction of sp³-hybridized carbons (Fsp3) is 0.278. The molecule has 2 aromatic rings. The number of halogens is 1. The molecule has 1 aromatic carbocycles. The summed E-state index contributed by atoms with van der Waals surface area (Å²) in [5, 5.41) is 3.00. The Morgan fingerprint density at radius 1 is 1.28 bits per heavy atom. The van der Waals surface area contributed by atoms with Crippen LogP contribution in [0, 0.1) is 0 Å². The third kappa shape index (κ3) is 4.35. The summed E-state index contributed by atoms with van der Waals surface area (Å²) in [7, 11) is 0. The number of aromatic nitrogens is 1. The minimum atomic E-state index is -0.347. The Labute approximate surface area is 150 Å². The summed E-state index contributed by atoms with van der Waals surface area (Å²) in [5.41, 5.74) is 1.48. The molecule has 1 atom stereocenters. The smallest absolute Gasteiger partial charge is 0.257 e. The van der Waals surface area contributed by atoms with Crippen molar-refractivity contribution in [2.75, 3.05) is 18.5 Å². The van der Waals surface area contributed by atoms with Gasteiger partial charge in [0.25, 0.3) is 5.91 Å². The lowest BCUT2D eigenvalue weighted by Crippen LogP contribution is -2.17. The maximum Gasteiger partial charge on any atom is 0.257 e. The fourth-order valence-corrected chi connectivity index (χ4v) is 2.60. The molecule has 1 unspecified atom stereocenters. The molecule has 2 heterocycles. The average Bonchev–Trinajstić information content (AvgIpc) is 3.10. The quantitative estimate of drug-likeness (QED) is 0.827. The van der Waals surface area contributed by atoms with E-state index >= 15 is 0 Å². The lowest BCUT2D eigenvalue weighted by Gasteiger charge is -2.12. The number of benzene rings is 1. The molecule has 1 saturated heterocycles. The zero-order valence-electron chi connectivity index (χ0n) is 13.6. The first-order chi connectivity index (χ1) is 12.0. The summed E-state index contributed by atoms with van der Waals surface area (Å²) in [5.74, 6) is -0.0858. The number of Topliss-reactive ketones (excluding diaryl/α,β-unsaturated/α-hetero) is 1. The number of hydrogen-bond donors (Lipinski definition) is 1. The van der Waals surface area contributed by atoms with Crippen molar-refractivity contribution in [2.24, 2.45) is 0 Å². The monoisotopic (exact) mass is 360 g/mol. The zero-order chi connectivity index (χ0) is 17.8. The first-order valence-electron chi connectivity index (χ1n) is 7.85. The van der Waals surface area contributed by atoms with Crippen LogP contribution in [0.25, 0.3) is 0 Å². The van der Waals surface area contributed by atoms with Crippen molar-refractivity contribution < 1.29 is 19.1 Å². The summed E-state index contributed by atoms with van der Waals surface area (Å²) in [6, 6.07) is 8.16. The van der Waals surface area contributed by atoms with Crippen LogP contribution in [0.2, 0.25) is 5.02 Å². The van der Waals surface area contributed by atoms with E-state index in [0.717, 1.165) is 6.42 Å². The molecule has 0 bridgehead atoms. The Morgan fingerprint density at radius 2 is 2.04 bits per heavy atom. The van der Waals surface area contributed by atoms with Crippen molar-refractivity contribution in [2.45, 2.75) is 19.4 Å². The van der Waals surface area contributed by atoms with E-state index in [1.165, 1.54) is 19.2 Å². The van der Waals surface area contributed by atoms with Gasteiger partial charge in [0.2, 0.25) is 5.88 Å². The Morgan fingerprint density at radius 3 is 2.64 bits per heavy atom. The van der Waals surface area contributed by atoms with E-state index in [2.05, 4.69) is 10.3 Å². The van der Waals surface area contributed by atoms with Crippen LogP contribution >= 0.6 is 11.6 Å². The van der Waals surface area contributed by atoms with Crippen LogP contribution in [0.4, 0.5) is 5.69 Å². The van der Waals surface area contributed by atoms with Crippen LogP contribution in [-0.4, -0.2) is 36.0 Å². The molecule has 1 fully saturated rings. The van der Waals surface area contributed by atoms with Crippen molar-refractivity contribution in [3.8, 4) is 5.88 Å². The molecule has 1 amide bonds. The number of ether oxygens (including phenoxy) is 2. The lowest BCUT2D eigenvalue weighted by molar-refractivity contribution is 0.101. The summed E-state index contributed by atoms with van der Waals surface area (Å²) < 4.78 is 10.9. The molecule has 25 heavy (non-hydrogen) atoms. The molecule has 0 spiro atoms. The van der Waals surface area contributed by atoms with E-state index in [9.17, 15) is 9.59 Å². The second kappa shape index (κ2) is 7.63. The van der Waals surface area contributed by atoms with E-state index in [1.54, 1.807) is 24.3 Å². The number of amides is 1. The normalized spacial score (nSPS) is 16.5. The molecule has 0 aliphatic carbocycles. The number of rotatable bonds is 5. The number of nitrogens with one attached hydrogen (secondary N) is 1. The fourth-order valence-electron chi connectivity index (χ4n) is 2.39. The first kappa shape index (κ1) is 17.4. The lowest BCUT2D eigenvalue weighted by atomic mass is 10.1. The van der Waals surface area contributed by atoms with Crippen LogP contribution in [0.15, 0.2) is 36.5 Å². The Bertz CT molecular complexity index is 786. The van der Waals surface area contributed by atoms with Crippen molar-refractivity contribution in [3.05, 3.63) is 52.7 Å². The number of nitrogens with zero attached hydrogens (tertiary/aromatic N) is 1. The number of carbonyl (C=O) groups is 2. The van der Waals surface area contributed by atoms with Crippen molar-refractivity contribution in [3.63, 3.8) is 0 Å². The van der Waals surface area contributed by atoms with Gasteiger partial charge in [0.15, 0.2) is 5.78 Å². The largest absolute Gasteiger partial charge is 0.471 e. The van der Waals surface area contributed by atoms with Gasteiger partial charge in [0.05, 0.1) is 18.8 Å². The van der Waals surface area contributed by atoms with Gasteiger partial charge in [-0.05, 0) is 37.3 Å². The maximum absolute atomic E-state index is 12.3. The van der Waals surface area contributed by atoms with E-state index < -0.39 is 0 Å².